The number of hydrogen-bond acceptors (Lipinski definition) is 5. The molecule has 8 heteroatoms. The second kappa shape index (κ2) is 12.3. The fraction of sp³-hybridized carbons (Fsp3) is 0.235. The van der Waals surface area contributed by atoms with Gasteiger partial charge in [0.05, 0.1) is 12.3 Å². The summed E-state index contributed by atoms with van der Waals surface area (Å²) in [7, 11) is 0. The fourth-order valence-electron chi connectivity index (χ4n) is 4.98. The van der Waals surface area contributed by atoms with Gasteiger partial charge in [-0.2, -0.15) is 5.10 Å². The monoisotopic (exact) mass is 564 g/mol. The highest BCUT2D eigenvalue weighted by Crippen LogP contribution is 2.23. The Morgan fingerprint density at radius 3 is 2.10 bits per heavy atom. The summed E-state index contributed by atoms with van der Waals surface area (Å²) in [4.78, 5) is 12.6. The SMILES string of the molecule is Cc1ccc(C)n1-c1ccc(OCc2ccc(C(=O)N/N=C/c3cc(C)n(-c4ccc(OC(C)C)cc4)c3C)o2)cc1. The van der Waals surface area contributed by atoms with Crippen LogP contribution in [-0.2, 0) is 6.61 Å². The molecule has 0 aliphatic heterocycles. The van der Waals surface area contributed by atoms with E-state index in [0.717, 1.165) is 34.1 Å². The number of benzene rings is 2. The first kappa shape index (κ1) is 28.5. The number of aryl methyl sites for hydroxylation is 3. The van der Waals surface area contributed by atoms with Crippen LogP contribution in [-0.4, -0.2) is 27.4 Å². The highest BCUT2D eigenvalue weighted by Gasteiger charge is 2.13. The normalized spacial score (nSPS) is 11.4. The minimum absolute atomic E-state index is 0.123. The molecule has 0 unspecified atom stereocenters. The molecule has 2 aromatic carbocycles. The molecule has 1 N–H and O–H groups in total. The molecule has 0 aliphatic carbocycles. The van der Waals surface area contributed by atoms with Gasteiger partial charge in [-0.3, -0.25) is 4.79 Å². The molecule has 5 aromatic rings. The van der Waals surface area contributed by atoms with E-state index < -0.39 is 5.91 Å². The van der Waals surface area contributed by atoms with Gasteiger partial charge < -0.3 is 23.0 Å². The zero-order valence-electron chi connectivity index (χ0n) is 24.8. The maximum absolute atomic E-state index is 12.6. The molecule has 0 aliphatic rings. The minimum Gasteiger partial charge on any atom is -0.491 e. The van der Waals surface area contributed by atoms with Crippen molar-refractivity contribution in [2.24, 2.45) is 5.10 Å². The third-order valence-electron chi connectivity index (χ3n) is 6.94. The molecule has 216 valence electrons. The third kappa shape index (κ3) is 6.33. The number of hydrogen-bond donors (Lipinski definition) is 1. The molecule has 0 saturated carbocycles. The van der Waals surface area contributed by atoms with Crippen LogP contribution in [0, 0.1) is 27.7 Å². The van der Waals surface area contributed by atoms with Gasteiger partial charge in [-0.05, 0) is 120 Å². The van der Waals surface area contributed by atoms with Crippen molar-refractivity contribution in [1.82, 2.24) is 14.6 Å². The number of amides is 1. The first-order valence-corrected chi connectivity index (χ1v) is 14.0. The van der Waals surface area contributed by atoms with Crippen molar-refractivity contribution in [3.8, 4) is 22.9 Å². The van der Waals surface area contributed by atoms with Gasteiger partial charge in [0, 0.05) is 39.7 Å². The van der Waals surface area contributed by atoms with Crippen LogP contribution in [0.3, 0.4) is 0 Å². The molecule has 0 atom stereocenters. The second-order valence-electron chi connectivity index (χ2n) is 10.5. The highest BCUT2D eigenvalue weighted by atomic mass is 16.5. The van der Waals surface area contributed by atoms with Crippen molar-refractivity contribution >= 4 is 12.1 Å². The molecule has 8 nitrogen and oxygen atoms in total. The second-order valence-corrected chi connectivity index (χ2v) is 10.5. The smallest absolute Gasteiger partial charge is 0.307 e. The Balaban J connectivity index is 1.16. The standard InChI is InChI=1S/C34H36N4O4/c1-22(2)41-31-15-11-29(12-16-31)38-25(5)19-27(26(38)6)20-35-36-34(39)33-18-17-32(42-33)21-40-30-13-9-28(10-14-30)37-23(3)7-8-24(37)4/h7-20,22H,21H2,1-6H3,(H,36,39)/b35-20+. The number of hydrazone groups is 1. The quantitative estimate of drug-likeness (QED) is 0.143. The Labute approximate surface area is 246 Å². The predicted molar refractivity (Wildman–Crippen MR) is 164 cm³/mol. The summed E-state index contributed by atoms with van der Waals surface area (Å²) in [6.45, 7) is 12.4. The Hall–Kier alpha value is -4.98. The number of carbonyl (C=O) groups excluding carboxylic acids is 1. The van der Waals surface area contributed by atoms with Gasteiger partial charge in [-0.15, -0.1) is 0 Å². The maximum atomic E-state index is 12.6. The average molecular weight is 565 g/mol. The molecule has 1 amide bonds. The number of carbonyl (C=O) groups is 1. The number of ether oxygens (including phenoxy) is 2. The van der Waals surface area contributed by atoms with E-state index in [1.165, 1.54) is 11.4 Å². The first-order chi connectivity index (χ1) is 20.2. The Morgan fingerprint density at radius 1 is 0.833 bits per heavy atom. The Bertz CT molecular complexity index is 1680. The highest BCUT2D eigenvalue weighted by molar-refractivity contribution is 5.92. The van der Waals surface area contributed by atoms with E-state index in [0.29, 0.717) is 11.5 Å². The summed E-state index contributed by atoms with van der Waals surface area (Å²) in [5.41, 5.74) is 9.96. The topological polar surface area (TPSA) is 82.9 Å². The fourth-order valence-corrected chi connectivity index (χ4v) is 4.98. The molecule has 42 heavy (non-hydrogen) atoms. The lowest BCUT2D eigenvalue weighted by Gasteiger charge is -2.13. The molecule has 0 bridgehead atoms. The number of nitrogens with zero attached hydrogens (tertiary/aromatic N) is 3. The largest absolute Gasteiger partial charge is 0.491 e. The molecule has 5 rings (SSSR count). The van der Waals surface area contributed by atoms with Gasteiger partial charge in [0.1, 0.15) is 23.9 Å². The number of nitrogens with one attached hydrogen (secondary N) is 1. The van der Waals surface area contributed by atoms with Crippen LogP contribution in [0.2, 0.25) is 0 Å². The van der Waals surface area contributed by atoms with Crippen LogP contribution in [0.15, 0.2) is 88.4 Å². The molecule has 0 saturated heterocycles. The number of furan rings is 1. The zero-order chi connectivity index (χ0) is 29.8. The Morgan fingerprint density at radius 2 is 1.45 bits per heavy atom. The third-order valence-corrected chi connectivity index (χ3v) is 6.94. The zero-order valence-corrected chi connectivity index (χ0v) is 24.8. The summed E-state index contributed by atoms with van der Waals surface area (Å²) in [5.74, 6) is 1.81. The molecule has 3 heterocycles. The molecule has 3 aromatic heterocycles. The summed E-state index contributed by atoms with van der Waals surface area (Å²) in [6.07, 6.45) is 1.76. The predicted octanol–water partition coefficient (Wildman–Crippen LogP) is 7.22. The van der Waals surface area contributed by atoms with Gasteiger partial charge in [0.25, 0.3) is 0 Å². The van der Waals surface area contributed by atoms with Gasteiger partial charge in [-0.1, -0.05) is 0 Å². The van der Waals surface area contributed by atoms with E-state index in [1.54, 1.807) is 18.3 Å². The maximum Gasteiger partial charge on any atom is 0.307 e. The number of aromatic nitrogens is 2. The van der Waals surface area contributed by atoms with Gasteiger partial charge >= 0.3 is 5.91 Å². The van der Waals surface area contributed by atoms with Crippen LogP contribution in [0.4, 0.5) is 0 Å². The van der Waals surface area contributed by atoms with Crippen molar-refractivity contribution in [1.29, 1.82) is 0 Å². The van der Waals surface area contributed by atoms with Crippen molar-refractivity contribution in [2.45, 2.75) is 54.3 Å². The Kier molecular flexibility index (Phi) is 8.33. The molecular weight excluding hydrogens is 528 g/mol. The molecule has 0 spiro atoms. The van der Waals surface area contributed by atoms with Crippen molar-refractivity contribution in [3.05, 3.63) is 119 Å². The average Bonchev–Trinajstić information content (AvgIpc) is 3.65. The van der Waals surface area contributed by atoms with Gasteiger partial charge in [-0.25, -0.2) is 5.43 Å². The van der Waals surface area contributed by atoms with E-state index in [1.807, 2.05) is 82.3 Å². The van der Waals surface area contributed by atoms with E-state index in [2.05, 4.69) is 45.6 Å². The summed E-state index contributed by atoms with van der Waals surface area (Å²) in [6, 6.07) is 25.4. The van der Waals surface area contributed by atoms with E-state index >= 15 is 0 Å². The molecule has 0 radical (unpaired) electrons. The number of rotatable bonds is 10. The van der Waals surface area contributed by atoms with Crippen molar-refractivity contribution in [2.75, 3.05) is 0 Å². The van der Waals surface area contributed by atoms with E-state index in [9.17, 15) is 4.79 Å². The lowest BCUT2D eigenvalue weighted by molar-refractivity contribution is 0.0923. The van der Waals surface area contributed by atoms with Gasteiger partial charge in [0.2, 0.25) is 0 Å². The van der Waals surface area contributed by atoms with Crippen LogP contribution < -0.4 is 14.9 Å². The molecule has 0 fully saturated rings. The van der Waals surface area contributed by atoms with Crippen LogP contribution in [0.25, 0.3) is 11.4 Å². The molecular formula is C34H36N4O4. The lowest BCUT2D eigenvalue weighted by atomic mass is 10.2. The van der Waals surface area contributed by atoms with E-state index in [-0.39, 0.29) is 18.5 Å². The van der Waals surface area contributed by atoms with Crippen molar-refractivity contribution in [3.63, 3.8) is 0 Å². The summed E-state index contributed by atoms with van der Waals surface area (Å²) >= 11 is 0. The minimum atomic E-state index is -0.436. The van der Waals surface area contributed by atoms with Crippen LogP contribution >= 0.6 is 0 Å². The first-order valence-electron chi connectivity index (χ1n) is 14.0. The van der Waals surface area contributed by atoms with Crippen LogP contribution in [0.5, 0.6) is 11.5 Å². The van der Waals surface area contributed by atoms with Crippen molar-refractivity contribution < 1.29 is 18.7 Å². The summed E-state index contributed by atoms with van der Waals surface area (Å²) in [5, 5.41) is 4.17. The van der Waals surface area contributed by atoms with Gasteiger partial charge in [0.15, 0.2) is 5.76 Å². The lowest BCUT2D eigenvalue weighted by Crippen LogP contribution is -2.16. The van der Waals surface area contributed by atoms with E-state index in [4.69, 9.17) is 13.9 Å². The van der Waals surface area contributed by atoms with Crippen LogP contribution in [0.1, 0.15) is 58.5 Å². The summed E-state index contributed by atoms with van der Waals surface area (Å²) < 4.78 is 21.6.